The molecule has 3 aromatic heterocycles. The van der Waals surface area contributed by atoms with Gasteiger partial charge >= 0.3 is 0 Å². The van der Waals surface area contributed by atoms with E-state index in [-0.39, 0.29) is 11.9 Å². The minimum absolute atomic E-state index is 0.108. The molecule has 10 nitrogen and oxygen atoms in total. The second-order valence-electron chi connectivity index (χ2n) is 10.4. The molecule has 6 rings (SSSR count). The predicted molar refractivity (Wildman–Crippen MR) is 187 cm³/mol. The first-order chi connectivity index (χ1) is 22.4. The number of nitrogens with zero attached hydrogens (tertiary/aromatic N) is 6. The summed E-state index contributed by atoms with van der Waals surface area (Å²) in [5, 5.41) is 19.3. The number of carbonyl (C=O) groups excluding carboxylic acids is 1. The lowest BCUT2D eigenvalue weighted by Crippen LogP contribution is -2.23. The quantitative estimate of drug-likeness (QED) is 0.145. The number of aliphatic imine (C=N–C) groups is 1. The Kier molecular flexibility index (Phi) is 12.0. The number of anilines is 1. The molecule has 236 valence electrons. The molecule has 1 aliphatic carbocycles. The molecular formula is C36H40N8O2. The highest BCUT2D eigenvalue weighted by Gasteiger charge is 2.25. The molecule has 0 aliphatic heterocycles. The third-order valence-corrected chi connectivity index (χ3v) is 7.23. The number of aliphatic hydroxyl groups excluding tert-OH is 1. The highest BCUT2D eigenvalue weighted by molar-refractivity contribution is 6.05. The lowest BCUT2D eigenvalue weighted by molar-refractivity contribution is 0.0952. The summed E-state index contributed by atoms with van der Waals surface area (Å²) in [6.45, 7) is 7.81. The molecule has 2 unspecified atom stereocenters. The third kappa shape index (κ3) is 8.16. The van der Waals surface area contributed by atoms with Gasteiger partial charge in [0.2, 0.25) is 0 Å². The SMILES string of the molecule is C=CC/C=C\C.CC=NC.Nc1ncnc2c1c(-c1ccc(CNC(=O)c3cccc4cccnc34)cc1)nn2C1C=CC(O)C1. The van der Waals surface area contributed by atoms with Crippen LogP contribution in [0.2, 0.25) is 0 Å². The van der Waals surface area contributed by atoms with E-state index in [1.807, 2.05) is 80.6 Å². The van der Waals surface area contributed by atoms with Gasteiger partial charge in [-0.15, -0.1) is 6.58 Å². The fourth-order valence-corrected chi connectivity index (χ4v) is 4.85. The molecule has 0 radical (unpaired) electrons. The number of hydrogen-bond acceptors (Lipinski definition) is 8. The van der Waals surface area contributed by atoms with Crippen LogP contribution in [-0.2, 0) is 6.54 Å². The second-order valence-corrected chi connectivity index (χ2v) is 10.4. The van der Waals surface area contributed by atoms with Crippen molar-refractivity contribution >= 4 is 39.9 Å². The van der Waals surface area contributed by atoms with Gasteiger partial charge in [0.25, 0.3) is 5.91 Å². The minimum atomic E-state index is -0.504. The van der Waals surface area contributed by atoms with E-state index in [2.05, 4.69) is 37.9 Å². The van der Waals surface area contributed by atoms with Crippen LogP contribution in [0.3, 0.4) is 0 Å². The second kappa shape index (κ2) is 16.6. The smallest absolute Gasteiger partial charge is 0.253 e. The maximum Gasteiger partial charge on any atom is 0.253 e. The van der Waals surface area contributed by atoms with Crippen molar-refractivity contribution in [3.05, 3.63) is 115 Å². The summed E-state index contributed by atoms with van der Waals surface area (Å²) in [7, 11) is 1.75. The number of rotatable bonds is 7. The summed E-state index contributed by atoms with van der Waals surface area (Å²) in [6.07, 6.45) is 15.5. The zero-order valence-corrected chi connectivity index (χ0v) is 26.4. The van der Waals surface area contributed by atoms with Crippen molar-refractivity contribution in [2.75, 3.05) is 12.8 Å². The number of fused-ring (bicyclic) bond motifs is 2. The standard InChI is InChI=1S/C27H23N7O2.C6H10.C3H7N/c28-25-22-24(33-34(26(22)32-15-31-25)19-10-11-20(35)13-19)18-8-6-16(7-9-18)14-30-27(36)21-5-1-3-17-4-2-12-29-23(17)21;1-3-5-6-4-2;1-3-4-2/h1-12,15,19-20,35H,13-14H2,(H,30,36)(H2,28,31,32);3-4,6H,1,5H2,2H3;3H,1-2H3/b;6-4-;. The van der Waals surface area contributed by atoms with Crippen LogP contribution in [0.25, 0.3) is 33.2 Å². The molecule has 2 atom stereocenters. The average molecular weight is 617 g/mol. The molecule has 0 spiro atoms. The molecule has 1 aliphatic rings. The number of nitrogen functional groups attached to an aromatic ring is 1. The first-order valence-electron chi connectivity index (χ1n) is 15.1. The van der Waals surface area contributed by atoms with Crippen LogP contribution in [0.5, 0.6) is 0 Å². The fraction of sp³-hybridized carbons (Fsp3) is 0.222. The van der Waals surface area contributed by atoms with E-state index in [1.54, 1.807) is 36.3 Å². The Morgan fingerprint density at radius 3 is 2.52 bits per heavy atom. The van der Waals surface area contributed by atoms with Crippen LogP contribution < -0.4 is 11.1 Å². The van der Waals surface area contributed by atoms with Crippen LogP contribution in [0.1, 0.15) is 48.7 Å². The van der Waals surface area contributed by atoms with Crippen molar-refractivity contribution < 1.29 is 9.90 Å². The third-order valence-electron chi connectivity index (χ3n) is 7.23. The Balaban J connectivity index is 0.000000421. The van der Waals surface area contributed by atoms with E-state index in [4.69, 9.17) is 10.8 Å². The lowest BCUT2D eigenvalue weighted by atomic mass is 10.1. The van der Waals surface area contributed by atoms with E-state index in [9.17, 15) is 9.90 Å². The number of aliphatic hydroxyl groups is 1. The van der Waals surface area contributed by atoms with Crippen LogP contribution in [0.15, 0.2) is 109 Å². The predicted octanol–water partition coefficient (Wildman–Crippen LogP) is 6.26. The number of carbonyl (C=O) groups is 1. The number of amides is 1. The molecule has 4 N–H and O–H groups in total. The van der Waals surface area contributed by atoms with Crippen LogP contribution in [-0.4, -0.2) is 55.1 Å². The molecule has 0 saturated heterocycles. The Morgan fingerprint density at radius 1 is 1.11 bits per heavy atom. The summed E-state index contributed by atoms with van der Waals surface area (Å²) in [4.78, 5) is 29.4. The number of allylic oxidation sites excluding steroid dienone is 4. The van der Waals surface area contributed by atoms with Crippen LogP contribution in [0.4, 0.5) is 5.82 Å². The number of hydrogen-bond donors (Lipinski definition) is 3. The molecular weight excluding hydrogens is 576 g/mol. The molecule has 0 saturated carbocycles. The topological polar surface area (TPSA) is 144 Å². The van der Waals surface area contributed by atoms with Crippen molar-refractivity contribution in [1.82, 2.24) is 30.0 Å². The molecule has 1 amide bonds. The lowest BCUT2D eigenvalue weighted by Gasteiger charge is -2.10. The van der Waals surface area contributed by atoms with Gasteiger partial charge in [0, 0.05) is 37.2 Å². The molecule has 46 heavy (non-hydrogen) atoms. The van der Waals surface area contributed by atoms with Gasteiger partial charge in [-0.2, -0.15) is 5.10 Å². The maximum absolute atomic E-state index is 12.8. The van der Waals surface area contributed by atoms with Gasteiger partial charge in [-0.3, -0.25) is 9.78 Å². The Bertz CT molecular complexity index is 1850. The summed E-state index contributed by atoms with van der Waals surface area (Å²) in [5.74, 6) is 0.175. The van der Waals surface area contributed by atoms with Gasteiger partial charge < -0.3 is 21.1 Å². The number of nitrogens with two attached hydrogens (primary N) is 1. The summed E-state index contributed by atoms with van der Waals surface area (Å²) < 4.78 is 1.79. The van der Waals surface area contributed by atoms with Gasteiger partial charge in [-0.1, -0.05) is 72.8 Å². The van der Waals surface area contributed by atoms with E-state index in [0.29, 0.717) is 46.6 Å². The fourth-order valence-electron chi connectivity index (χ4n) is 4.85. The largest absolute Gasteiger partial charge is 0.389 e. The monoisotopic (exact) mass is 616 g/mol. The highest BCUT2D eigenvalue weighted by Crippen LogP contribution is 2.34. The first kappa shape index (κ1) is 33.4. The summed E-state index contributed by atoms with van der Waals surface area (Å²) in [5.41, 5.74) is 10.5. The molecule has 2 aromatic carbocycles. The van der Waals surface area contributed by atoms with Crippen molar-refractivity contribution in [1.29, 1.82) is 0 Å². The van der Waals surface area contributed by atoms with E-state index in [0.717, 1.165) is 22.9 Å². The molecule has 5 aromatic rings. The molecule has 10 heteroatoms. The minimum Gasteiger partial charge on any atom is -0.389 e. The van der Waals surface area contributed by atoms with Crippen molar-refractivity contribution in [3.8, 4) is 11.3 Å². The maximum atomic E-state index is 12.8. The molecule has 0 fully saturated rings. The van der Waals surface area contributed by atoms with E-state index >= 15 is 0 Å². The van der Waals surface area contributed by atoms with Crippen molar-refractivity contribution in [2.45, 2.75) is 45.4 Å². The number of benzene rings is 2. The Labute approximate surface area is 269 Å². The first-order valence-corrected chi connectivity index (χ1v) is 15.1. The van der Waals surface area contributed by atoms with Gasteiger partial charge in [-0.05, 0) is 44.2 Å². The van der Waals surface area contributed by atoms with E-state index < -0.39 is 6.10 Å². The van der Waals surface area contributed by atoms with Gasteiger partial charge in [0.1, 0.15) is 17.8 Å². The normalized spacial score (nSPS) is 15.5. The number of pyridine rings is 1. The van der Waals surface area contributed by atoms with Crippen LogP contribution >= 0.6 is 0 Å². The van der Waals surface area contributed by atoms with Gasteiger partial charge in [0.15, 0.2) is 5.65 Å². The molecule has 0 bridgehead atoms. The Hall–Kier alpha value is -5.48. The number of nitrogens with one attached hydrogen (secondary N) is 1. The molecule has 3 heterocycles. The zero-order valence-electron chi connectivity index (χ0n) is 26.4. The van der Waals surface area contributed by atoms with Gasteiger partial charge in [-0.25, -0.2) is 14.6 Å². The zero-order chi connectivity index (χ0) is 32.9. The van der Waals surface area contributed by atoms with E-state index in [1.165, 1.54) is 6.33 Å². The summed E-state index contributed by atoms with van der Waals surface area (Å²) >= 11 is 0. The number of aromatic nitrogens is 5. The Morgan fingerprint density at radius 2 is 1.87 bits per heavy atom. The van der Waals surface area contributed by atoms with Gasteiger partial charge in [0.05, 0.1) is 28.6 Å². The van der Waals surface area contributed by atoms with Crippen molar-refractivity contribution in [2.24, 2.45) is 4.99 Å². The number of para-hydroxylation sites is 1. The van der Waals surface area contributed by atoms with Crippen molar-refractivity contribution in [3.63, 3.8) is 0 Å². The highest BCUT2D eigenvalue weighted by atomic mass is 16.3. The van der Waals surface area contributed by atoms with Crippen LogP contribution in [0, 0.1) is 0 Å². The summed E-state index contributed by atoms with van der Waals surface area (Å²) in [6, 6.07) is 17.0. The average Bonchev–Trinajstić information content (AvgIpc) is 3.71.